The van der Waals surface area contributed by atoms with Crippen LogP contribution in [0.1, 0.15) is 19.3 Å². The molecule has 1 fully saturated rings. The topological polar surface area (TPSA) is 18.5 Å². The van der Waals surface area contributed by atoms with Gasteiger partial charge in [0.05, 0.1) is 0 Å². The van der Waals surface area contributed by atoms with Crippen molar-refractivity contribution in [3.63, 3.8) is 0 Å². The van der Waals surface area contributed by atoms with E-state index in [-0.39, 0.29) is 0 Å². The summed E-state index contributed by atoms with van der Waals surface area (Å²) in [6.45, 7) is 4.85. The Morgan fingerprint density at radius 2 is 2.00 bits per heavy atom. The molecule has 1 aliphatic rings. The highest BCUT2D eigenvalue weighted by atomic mass is 15.1. The third kappa shape index (κ3) is 4.94. The van der Waals surface area contributed by atoms with E-state index in [1.54, 1.807) is 0 Å². The summed E-state index contributed by atoms with van der Waals surface area (Å²) in [5, 5.41) is 3.53. The van der Waals surface area contributed by atoms with E-state index in [2.05, 4.69) is 36.3 Å². The molecule has 0 aliphatic carbocycles. The van der Waals surface area contributed by atoms with Gasteiger partial charge in [0.1, 0.15) is 0 Å². The summed E-state index contributed by atoms with van der Waals surface area (Å²) in [5.41, 5.74) is 0. The summed E-state index contributed by atoms with van der Waals surface area (Å²) in [6.07, 6.45) is 3.99. The molecule has 0 bridgehead atoms. The molecular weight excluding hydrogens is 174 g/mol. The van der Waals surface area contributed by atoms with Crippen LogP contribution in [0.15, 0.2) is 0 Å². The monoisotopic (exact) mass is 199 g/mol. The molecule has 84 valence electrons. The molecule has 0 aromatic carbocycles. The van der Waals surface area contributed by atoms with Gasteiger partial charge in [-0.05, 0) is 60.0 Å². The van der Waals surface area contributed by atoms with Gasteiger partial charge in [0.15, 0.2) is 0 Å². The molecule has 3 nitrogen and oxygen atoms in total. The van der Waals surface area contributed by atoms with Crippen molar-refractivity contribution in [2.75, 3.05) is 47.3 Å². The lowest BCUT2D eigenvalue weighted by molar-refractivity contribution is 0.278. The third-order valence-electron chi connectivity index (χ3n) is 2.84. The molecule has 0 spiro atoms. The maximum atomic E-state index is 3.53. The van der Waals surface area contributed by atoms with Crippen LogP contribution in [0.3, 0.4) is 0 Å². The Morgan fingerprint density at radius 3 is 2.57 bits per heavy atom. The Hall–Kier alpha value is -0.120. The number of nitrogens with one attached hydrogen (secondary N) is 1. The highest BCUT2D eigenvalue weighted by Crippen LogP contribution is 2.06. The molecule has 1 atom stereocenters. The zero-order valence-electron chi connectivity index (χ0n) is 9.92. The Morgan fingerprint density at radius 1 is 1.21 bits per heavy atom. The van der Waals surface area contributed by atoms with Crippen molar-refractivity contribution in [1.82, 2.24) is 15.1 Å². The predicted molar refractivity (Wildman–Crippen MR) is 61.7 cm³/mol. The van der Waals surface area contributed by atoms with Crippen molar-refractivity contribution >= 4 is 0 Å². The zero-order chi connectivity index (χ0) is 10.4. The summed E-state index contributed by atoms with van der Waals surface area (Å²) in [6, 6.07) is 0.749. The fourth-order valence-electron chi connectivity index (χ4n) is 2.04. The Balaban J connectivity index is 2.00. The van der Waals surface area contributed by atoms with Crippen LogP contribution in [-0.2, 0) is 0 Å². The van der Waals surface area contributed by atoms with E-state index in [0.29, 0.717) is 0 Å². The second-order valence-electron chi connectivity index (χ2n) is 4.71. The minimum absolute atomic E-state index is 0.749. The zero-order valence-corrected chi connectivity index (χ0v) is 9.92. The first kappa shape index (κ1) is 12.0. The molecule has 0 amide bonds. The number of hydrogen-bond donors (Lipinski definition) is 1. The Bertz CT molecular complexity index is 141. The SMILES string of the molecule is CN(C)CCCN(C)C[C@@H]1CCCN1. The van der Waals surface area contributed by atoms with Crippen molar-refractivity contribution in [3.8, 4) is 0 Å². The highest BCUT2D eigenvalue weighted by Gasteiger charge is 2.15. The van der Waals surface area contributed by atoms with E-state index < -0.39 is 0 Å². The minimum atomic E-state index is 0.749. The van der Waals surface area contributed by atoms with Crippen molar-refractivity contribution in [2.45, 2.75) is 25.3 Å². The Kier molecular flexibility index (Phi) is 5.45. The molecule has 1 rings (SSSR count). The van der Waals surface area contributed by atoms with Crippen molar-refractivity contribution < 1.29 is 0 Å². The second-order valence-corrected chi connectivity index (χ2v) is 4.71. The smallest absolute Gasteiger partial charge is 0.0195 e. The van der Waals surface area contributed by atoms with Crippen LogP contribution in [0.5, 0.6) is 0 Å². The maximum Gasteiger partial charge on any atom is 0.0195 e. The van der Waals surface area contributed by atoms with Crippen LogP contribution in [0, 0.1) is 0 Å². The summed E-state index contributed by atoms with van der Waals surface area (Å²) >= 11 is 0. The van der Waals surface area contributed by atoms with Crippen LogP contribution in [0.4, 0.5) is 0 Å². The van der Waals surface area contributed by atoms with E-state index in [1.165, 1.54) is 45.4 Å². The van der Waals surface area contributed by atoms with Crippen molar-refractivity contribution in [2.24, 2.45) is 0 Å². The lowest BCUT2D eigenvalue weighted by atomic mass is 10.2. The molecule has 14 heavy (non-hydrogen) atoms. The van der Waals surface area contributed by atoms with E-state index >= 15 is 0 Å². The van der Waals surface area contributed by atoms with Crippen LogP contribution >= 0.6 is 0 Å². The van der Waals surface area contributed by atoms with Gasteiger partial charge in [0, 0.05) is 12.6 Å². The highest BCUT2D eigenvalue weighted by molar-refractivity contribution is 4.76. The molecule has 0 radical (unpaired) electrons. The molecule has 0 saturated carbocycles. The molecule has 1 aliphatic heterocycles. The molecule has 1 N–H and O–H groups in total. The normalized spacial score (nSPS) is 22.5. The first-order valence-corrected chi connectivity index (χ1v) is 5.75. The van der Waals surface area contributed by atoms with Crippen LogP contribution in [0.2, 0.25) is 0 Å². The van der Waals surface area contributed by atoms with Gasteiger partial charge in [-0.2, -0.15) is 0 Å². The second kappa shape index (κ2) is 6.38. The number of likely N-dealkylation sites (N-methyl/N-ethyl adjacent to an activating group) is 1. The standard InChI is InChI=1S/C11H25N3/c1-13(2)8-5-9-14(3)10-11-6-4-7-12-11/h11-12H,4-10H2,1-3H3/t11-/m0/s1. The average molecular weight is 199 g/mol. The van der Waals surface area contributed by atoms with Gasteiger partial charge in [0.2, 0.25) is 0 Å². The summed E-state index contributed by atoms with van der Waals surface area (Å²) in [5.74, 6) is 0. The van der Waals surface area contributed by atoms with Gasteiger partial charge in [-0.15, -0.1) is 0 Å². The number of nitrogens with zero attached hydrogens (tertiary/aromatic N) is 2. The van der Waals surface area contributed by atoms with Gasteiger partial charge in [0.25, 0.3) is 0 Å². The number of hydrogen-bond acceptors (Lipinski definition) is 3. The Labute approximate surface area is 88.5 Å². The summed E-state index contributed by atoms with van der Waals surface area (Å²) in [7, 11) is 6.51. The molecule has 1 heterocycles. The van der Waals surface area contributed by atoms with Gasteiger partial charge in [-0.3, -0.25) is 0 Å². The summed E-state index contributed by atoms with van der Waals surface area (Å²) < 4.78 is 0. The van der Waals surface area contributed by atoms with E-state index in [9.17, 15) is 0 Å². The largest absolute Gasteiger partial charge is 0.313 e. The number of rotatable bonds is 6. The molecule has 0 aromatic rings. The molecular formula is C11H25N3. The van der Waals surface area contributed by atoms with Crippen molar-refractivity contribution in [3.05, 3.63) is 0 Å². The van der Waals surface area contributed by atoms with Gasteiger partial charge >= 0.3 is 0 Å². The molecule has 1 saturated heterocycles. The molecule has 0 aromatic heterocycles. The van der Waals surface area contributed by atoms with Crippen molar-refractivity contribution in [1.29, 1.82) is 0 Å². The minimum Gasteiger partial charge on any atom is -0.313 e. The quantitative estimate of drug-likeness (QED) is 0.676. The molecule has 0 unspecified atom stereocenters. The first-order valence-electron chi connectivity index (χ1n) is 5.75. The van der Waals surface area contributed by atoms with Crippen LogP contribution < -0.4 is 5.32 Å². The maximum absolute atomic E-state index is 3.53. The van der Waals surface area contributed by atoms with Gasteiger partial charge in [-0.1, -0.05) is 0 Å². The fourth-order valence-corrected chi connectivity index (χ4v) is 2.04. The summed E-state index contributed by atoms with van der Waals surface area (Å²) in [4.78, 5) is 4.70. The molecule has 3 heteroatoms. The van der Waals surface area contributed by atoms with E-state index in [4.69, 9.17) is 0 Å². The third-order valence-corrected chi connectivity index (χ3v) is 2.84. The van der Waals surface area contributed by atoms with Gasteiger partial charge < -0.3 is 15.1 Å². The fraction of sp³-hybridized carbons (Fsp3) is 1.00. The van der Waals surface area contributed by atoms with Crippen LogP contribution in [0.25, 0.3) is 0 Å². The lowest BCUT2D eigenvalue weighted by Gasteiger charge is -2.21. The van der Waals surface area contributed by atoms with E-state index in [0.717, 1.165) is 6.04 Å². The van der Waals surface area contributed by atoms with Crippen LogP contribution in [-0.4, -0.2) is 63.2 Å². The lowest BCUT2D eigenvalue weighted by Crippen LogP contribution is -2.36. The average Bonchev–Trinajstić information content (AvgIpc) is 2.56. The predicted octanol–water partition coefficient (Wildman–Crippen LogP) is 0.622. The first-order chi connectivity index (χ1) is 6.68. The van der Waals surface area contributed by atoms with E-state index in [1.807, 2.05) is 0 Å². The van der Waals surface area contributed by atoms with Gasteiger partial charge in [-0.25, -0.2) is 0 Å².